The van der Waals surface area contributed by atoms with E-state index in [0.29, 0.717) is 5.02 Å². The van der Waals surface area contributed by atoms with Gasteiger partial charge < -0.3 is 9.77 Å². The molecular formula is C13H13ClN2O. The van der Waals surface area contributed by atoms with Crippen LogP contribution in [0.25, 0.3) is 5.69 Å². The normalized spacial score (nSPS) is 11.2. The van der Waals surface area contributed by atoms with Gasteiger partial charge in [-0.1, -0.05) is 22.8 Å². The van der Waals surface area contributed by atoms with E-state index in [9.17, 15) is 0 Å². The zero-order valence-corrected chi connectivity index (χ0v) is 10.4. The van der Waals surface area contributed by atoms with Gasteiger partial charge in [0.15, 0.2) is 0 Å². The van der Waals surface area contributed by atoms with Crippen molar-refractivity contribution in [1.82, 2.24) is 4.57 Å². The van der Waals surface area contributed by atoms with Crippen molar-refractivity contribution >= 4 is 17.8 Å². The van der Waals surface area contributed by atoms with Crippen molar-refractivity contribution < 1.29 is 5.21 Å². The van der Waals surface area contributed by atoms with Crippen LogP contribution in [0.2, 0.25) is 5.02 Å². The molecule has 0 unspecified atom stereocenters. The largest absolute Gasteiger partial charge is 0.411 e. The van der Waals surface area contributed by atoms with Gasteiger partial charge in [-0.05, 0) is 38.1 Å². The van der Waals surface area contributed by atoms with Crippen molar-refractivity contribution in [2.75, 3.05) is 0 Å². The van der Waals surface area contributed by atoms with E-state index in [-0.39, 0.29) is 0 Å². The third-order valence-electron chi connectivity index (χ3n) is 2.73. The van der Waals surface area contributed by atoms with Crippen LogP contribution >= 0.6 is 11.6 Å². The Morgan fingerprint density at radius 2 is 2.06 bits per heavy atom. The second-order valence-corrected chi connectivity index (χ2v) is 4.32. The van der Waals surface area contributed by atoms with Crippen molar-refractivity contribution in [3.05, 3.63) is 52.3 Å². The average molecular weight is 249 g/mol. The fraction of sp³-hybridized carbons (Fsp3) is 0.154. The first-order valence-corrected chi connectivity index (χ1v) is 5.63. The lowest BCUT2D eigenvalue weighted by molar-refractivity contribution is 0.322. The lowest BCUT2D eigenvalue weighted by Crippen LogP contribution is -1.99. The first-order valence-electron chi connectivity index (χ1n) is 5.26. The molecule has 0 bridgehead atoms. The zero-order chi connectivity index (χ0) is 12.4. The molecule has 0 fully saturated rings. The summed E-state index contributed by atoms with van der Waals surface area (Å²) in [6, 6.07) is 9.62. The highest BCUT2D eigenvalue weighted by atomic mass is 35.5. The maximum atomic E-state index is 8.60. The maximum Gasteiger partial charge on any atom is 0.0752 e. The lowest BCUT2D eigenvalue weighted by Gasteiger charge is -2.09. The highest BCUT2D eigenvalue weighted by Crippen LogP contribution is 2.22. The molecule has 1 aromatic carbocycles. The molecule has 0 saturated carbocycles. The molecule has 0 amide bonds. The fourth-order valence-electron chi connectivity index (χ4n) is 1.99. The summed E-state index contributed by atoms with van der Waals surface area (Å²) in [7, 11) is 0. The summed E-state index contributed by atoms with van der Waals surface area (Å²) < 4.78 is 2.07. The third-order valence-corrected chi connectivity index (χ3v) is 2.97. The number of benzene rings is 1. The average Bonchev–Trinajstić information content (AvgIpc) is 2.55. The van der Waals surface area contributed by atoms with E-state index >= 15 is 0 Å². The molecule has 0 aliphatic heterocycles. The van der Waals surface area contributed by atoms with Crippen LogP contribution in [0, 0.1) is 13.8 Å². The van der Waals surface area contributed by atoms with Gasteiger partial charge in [-0.3, -0.25) is 0 Å². The summed E-state index contributed by atoms with van der Waals surface area (Å²) in [6.07, 6.45) is 1.43. The first kappa shape index (κ1) is 11.7. The Bertz CT molecular complexity index is 573. The predicted molar refractivity (Wildman–Crippen MR) is 69.6 cm³/mol. The summed E-state index contributed by atoms with van der Waals surface area (Å²) in [5, 5.41) is 12.4. The van der Waals surface area contributed by atoms with Crippen LogP contribution in [-0.4, -0.2) is 16.0 Å². The van der Waals surface area contributed by atoms with Gasteiger partial charge in [0.05, 0.1) is 6.21 Å². The van der Waals surface area contributed by atoms with Crippen molar-refractivity contribution in [3.63, 3.8) is 0 Å². The Morgan fingerprint density at radius 1 is 1.29 bits per heavy atom. The first-order chi connectivity index (χ1) is 8.13. The molecule has 1 aromatic heterocycles. The van der Waals surface area contributed by atoms with Crippen LogP contribution in [-0.2, 0) is 0 Å². The Labute approximate surface area is 105 Å². The van der Waals surface area contributed by atoms with E-state index in [0.717, 1.165) is 22.6 Å². The standard InChI is InChI=1S/C13H13ClN2O/c1-9-6-11(8-15-17)10(2)16(9)13-5-3-4-12(14)7-13/h3-8,17H,1-2H3. The fourth-order valence-corrected chi connectivity index (χ4v) is 2.18. The molecule has 0 aliphatic carbocycles. The molecule has 4 heteroatoms. The summed E-state index contributed by atoms with van der Waals surface area (Å²) in [6.45, 7) is 3.98. The molecule has 0 atom stereocenters. The summed E-state index contributed by atoms with van der Waals surface area (Å²) in [4.78, 5) is 0. The minimum atomic E-state index is 0.701. The van der Waals surface area contributed by atoms with Crippen LogP contribution in [0.3, 0.4) is 0 Å². The van der Waals surface area contributed by atoms with Crippen molar-refractivity contribution in [3.8, 4) is 5.69 Å². The maximum absolute atomic E-state index is 8.60. The number of aryl methyl sites for hydroxylation is 1. The lowest BCUT2D eigenvalue weighted by atomic mass is 10.2. The zero-order valence-electron chi connectivity index (χ0n) is 9.68. The van der Waals surface area contributed by atoms with Gasteiger partial charge in [0.2, 0.25) is 0 Å². The monoisotopic (exact) mass is 248 g/mol. The van der Waals surface area contributed by atoms with Crippen molar-refractivity contribution in [2.24, 2.45) is 5.16 Å². The molecule has 88 valence electrons. The Balaban J connectivity index is 2.59. The molecular weight excluding hydrogens is 236 g/mol. The number of halogens is 1. The summed E-state index contributed by atoms with van der Waals surface area (Å²) in [5.74, 6) is 0. The van der Waals surface area contributed by atoms with E-state index in [4.69, 9.17) is 16.8 Å². The second kappa shape index (κ2) is 4.63. The smallest absolute Gasteiger partial charge is 0.0752 e. The minimum Gasteiger partial charge on any atom is -0.411 e. The van der Waals surface area contributed by atoms with Crippen LogP contribution in [0.5, 0.6) is 0 Å². The highest BCUT2D eigenvalue weighted by Gasteiger charge is 2.09. The van der Waals surface area contributed by atoms with E-state index in [1.165, 1.54) is 6.21 Å². The minimum absolute atomic E-state index is 0.701. The van der Waals surface area contributed by atoms with Crippen LogP contribution in [0.15, 0.2) is 35.5 Å². The van der Waals surface area contributed by atoms with Crippen molar-refractivity contribution in [1.29, 1.82) is 0 Å². The Kier molecular flexibility index (Phi) is 3.20. The summed E-state index contributed by atoms with van der Waals surface area (Å²) in [5.41, 5.74) is 3.98. The number of hydrogen-bond acceptors (Lipinski definition) is 2. The van der Waals surface area contributed by atoms with E-state index in [1.54, 1.807) is 0 Å². The molecule has 0 radical (unpaired) electrons. The van der Waals surface area contributed by atoms with Gasteiger partial charge in [-0.15, -0.1) is 0 Å². The topological polar surface area (TPSA) is 37.5 Å². The Hall–Kier alpha value is -1.74. The van der Waals surface area contributed by atoms with Gasteiger partial charge in [0, 0.05) is 27.7 Å². The number of nitrogens with zero attached hydrogens (tertiary/aromatic N) is 2. The van der Waals surface area contributed by atoms with Crippen LogP contribution in [0.1, 0.15) is 17.0 Å². The van der Waals surface area contributed by atoms with E-state index < -0.39 is 0 Å². The molecule has 0 aliphatic rings. The molecule has 1 heterocycles. The van der Waals surface area contributed by atoms with E-state index in [1.807, 2.05) is 44.2 Å². The van der Waals surface area contributed by atoms with Gasteiger partial charge in [-0.25, -0.2) is 0 Å². The number of aromatic nitrogens is 1. The van der Waals surface area contributed by atoms with Crippen LogP contribution in [0.4, 0.5) is 0 Å². The SMILES string of the molecule is Cc1cc(C=NO)c(C)n1-c1cccc(Cl)c1. The van der Waals surface area contributed by atoms with E-state index in [2.05, 4.69) is 9.72 Å². The van der Waals surface area contributed by atoms with Gasteiger partial charge in [0.25, 0.3) is 0 Å². The second-order valence-electron chi connectivity index (χ2n) is 3.89. The predicted octanol–water partition coefficient (Wildman–Crippen LogP) is 3.56. The number of oxime groups is 1. The van der Waals surface area contributed by atoms with Gasteiger partial charge in [-0.2, -0.15) is 0 Å². The van der Waals surface area contributed by atoms with Gasteiger partial charge in [0.1, 0.15) is 0 Å². The number of hydrogen-bond donors (Lipinski definition) is 1. The molecule has 3 nitrogen and oxygen atoms in total. The molecule has 2 rings (SSSR count). The Morgan fingerprint density at radius 3 is 2.71 bits per heavy atom. The molecule has 2 aromatic rings. The number of rotatable bonds is 2. The quantitative estimate of drug-likeness (QED) is 0.493. The summed E-state index contributed by atoms with van der Waals surface area (Å²) >= 11 is 5.99. The molecule has 0 spiro atoms. The van der Waals surface area contributed by atoms with Crippen LogP contribution < -0.4 is 0 Å². The van der Waals surface area contributed by atoms with Crippen molar-refractivity contribution in [2.45, 2.75) is 13.8 Å². The molecule has 17 heavy (non-hydrogen) atoms. The molecule has 0 saturated heterocycles. The highest BCUT2D eigenvalue weighted by molar-refractivity contribution is 6.30. The third kappa shape index (κ3) is 2.19. The molecule has 1 N–H and O–H groups in total. The van der Waals surface area contributed by atoms with Gasteiger partial charge >= 0.3 is 0 Å².